The molecule has 0 aromatic carbocycles. The number of aliphatic hydroxyl groups is 3. The lowest BCUT2D eigenvalue weighted by molar-refractivity contribution is -0.0511. The summed E-state index contributed by atoms with van der Waals surface area (Å²) in [5.74, 6) is -0.429. The summed E-state index contributed by atoms with van der Waals surface area (Å²) in [5, 5.41) is 29.0. The van der Waals surface area contributed by atoms with Crippen molar-refractivity contribution in [3.63, 3.8) is 0 Å². The van der Waals surface area contributed by atoms with Crippen LogP contribution in [0.5, 0.6) is 0 Å². The van der Waals surface area contributed by atoms with Crippen molar-refractivity contribution >= 4 is 22.8 Å². The van der Waals surface area contributed by atoms with Crippen LogP contribution in [-0.2, 0) is 4.74 Å². The largest absolute Gasteiger partial charge is 0.394 e. The molecule has 0 amide bonds. The molecular formula is C12H15N5O5. The molecule has 1 fully saturated rings. The number of aliphatic hydroxyl groups excluding tert-OH is 3. The van der Waals surface area contributed by atoms with Gasteiger partial charge in [0.25, 0.3) is 0 Å². The zero-order valence-electron chi connectivity index (χ0n) is 11.6. The highest BCUT2D eigenvalue weighted by Gasteiger charge is 2.44. The van der Waals surface area contributed by atoms with Crippen LogP contribution in [0.2, 0.25) is 0 Å². The number of nitrogen functional groups attached to an aromatic ring is 1. The fraction of sp³-hybridized carbons (Fsp3) is 0.500. The normalized spacial score (nSPS) is 28.4. The first-order valence-electron chi connectivity index (χ1n) is 6.57. The van der Waals surface area contributed by atoms with Gasteiger partial charge in [0.1, 0.15) is 23.8 Å². The number of anilines is 1. The van der Waals surface area contributed by atoms with Crippen LogP contribution in [0.3, 0.4) is 0 Å². The summed E-state index contributed by atoms with van der Waals surface area (Å²) in [4.78, 5) is 23.4. The predicted octanol–water partition coefficient (Wildman–Crippen LogP) is -1.78. The van der Waals surface area contributed by atoms with Gasteiger partial charge >= 0.3 is 0 Å². The van der Waals surface area contributed by atoms with E-state index in [0.29, 0.717) is 0 Å². The van der Waals surface area contributed by atoms with Crippen LogP contribution in [0.1, 0.15) is 23.8 Å². The van der Waals surface area contributed by atoms with Gasteiger partial charge in [-0.1, -0.05) is 0 Å². The molecule has 0 radical (unpaired) electrons. The Labute approximate surface area is 124 Å². The molecule has 22 heavy (non-hydrogen) atoms. The van der Waals surface area contributed by atoms with Crippen molar-refractivity contribution in [1.82, 2.24) is 19.5 Å². The van der Waals surface area contributed by atoms with Crippen LogP contribution in [-0.4, -0.2) is 65.5 Å². The Morgan fingerprint density at radius 2 is 2.14 bits per heavy atom. The van der Waals surface area contributed by atoms with Crippen molar-refractivity contribution in [2.45, 2.75) is 31.5 Å². The highest BCUT2D eigenvalue weighted by atomic mass is 16.6. The van der Waals surface area contributed by atoms with Gasteiger partial charge in [-0.2, -0.15) is 0 Å². The molecule has 10 nitrogen and oxygen atoms in total. The quantitative estimate of drug-likeness (QED) is 0.481. The van der Waals surface area contributed by atoms with E-state index >= 15 is 0 Å². The van der Waals surface area contributed by atoms with E-state index in [1.165, 1.54) is 17.8 Å². The molecule has 2 aromatic heterocycles. The summed E-state index contributed by atoms with van der Waals surface area (Å²) in [7, 11) is 0. The Balaban J connectivity index is 2.10. The van der Waals surface area contributed by atoms with Crippen LogP contribution >= 0.6 is 0 Å². The monoisotopic (exact) mass is 309 g/mol. The van der Waals surface area contributed by atoms with E-state index in [1.807, 2.05) is 0 Å². The standard InChI is InChI=1S/C12H15N5O5/c1-4(19)10-15-9(13)6-11(16-10)17(3-14-6)12-8(21)7(20)5(2-18)22-12/h3,5,7-8,12,18,20-21H,2H2,1H3,(H2,13,15,16)/t5-,7?,8?,12-/m1/s1. The van der Waals surface area contributed by atoms with Crippen molar-refractivity contribution < 1.29 is 24.9 Å². The molecule has 0 aliphatic carbocycles. The van der Waals surface area contributed by atoms with E-state index in [-0.39, 0.29) is 28.6 Å². The lowest BCUT2D eigenvalue weighted by Crippen LogP contribution is -2.33. The van der Waals surface area contributed by atoms with Gasteiger partial charge in [0.2, 0.25) is 0 Å². The smallest absolute Gasteiger partial charge is 0.199 e. The molecule has 1 saturated heterocycles. The van der Waals surface area contributed by atoms with Gasteiger partial charge in [-0.25, -0.2) is 15.0 Å². The first-order valence-corrected chi connectivity index (χ1v) is 6.57. The highest BCUT2D eigenvalue weighted by molar-refractivity contribution is 5.93. The van der Waals surface area contributed by atoms with Gasteiger partial charge in [-0.05, 0) is 0 Å². The van der Waals surface area contributed by atoms with Crippen molar-refractivity contribution in [2.75, 3.05) is 12.3 Å². The number of fused-ring (bicyclic) bond motifs is 1. The number of nitrogens with zero attached hydrogens (tertiary/aromatic N) is 4. The molecule has 10 heteroatoms. The molecule has 4 atom stereocenters. The molecule has 2 unspecified atom stereocenters. The molecule has 5 N–H and O–H groups in total. The Morgan fingerprint density at radius 1 is 1.41 bits per heavy atom. The Kier molecular flexibility index (Phi) is 3.53. The second-order valence-electron chi connectivity index (χ2n) is 5.04. The topological polar surface area (TPSA) is 157 Å². The minimum absolute atomic E-state index is 0.0284. The second kappa shape index (κ2) is 5.25. The van der Waals surface area contributed by atoms with E-state index in [9.17, 15) is 15.0 Å². The lowest BCUT2D eigenvalue weighted by atomic mass is 10.1. The first-order chi connectivity index (χ1) is 10.4. The molecule has 0 bridgehead atoms. The van der Waals surface area contributed by atoms with Crippen molar-refractivity contribution in [1.29, 1.82) is 0 Å². The van der Waals surface area contributed by atoms with Gasteiger partial charge in [0.05, 0.1) is 12.9 Å². The first kappa shape index (κ1) is 14.8. The van der Waals surface area contributed by atoms with Gasteiger partial charge in [0, 0.05) is 6.92 Å². The van der Waals surface area contributed by atoms with Crippen LogP contribution in [0.4, 0.5) is 5.82 Å². The van der Waals surface area contributed by atoms with Gasteiger partial charge < -0.3 is 25.8 Å². The Morgan fingerprint density at radius 3 is 2.73 bits per heavy atom. The maximum Gasteiger partial charge on any atom is 0.199 e. The molecule has 0 spiro atoms. The van der Waals surface area contributed by atoms with E-state index < -0.39 is 31.1 Å². The summed E-state index contributed by atoms with van der Waals surface area (Å²) in [6.45, 7) is 0.852. The third-order valence-electron chi connectivity index (χ3n) is 3.55. The molecule has 118 valence electrons. The number of carbonyl (C=O) groups excluding carboxylic acids is 1. The molecule has 0 saturated carbocycles. The van der Waals surface area contributed by atoms with E-state index in [0.717, 1.165) is 0 Å². The van der Waals surface area contributed by atoms with Crippen LogP contribution in [0, 0.1) is 0 Å². The minimum Gasteiger partial charge on any atom is -0.394 e. The lowest BCUT2D eigenvalue weighted by Gasteiger charge is -2.16. The molecule has 2 aromatic rings. The average molecular weight is 309 g/mol. The summed E-state index contributed by atoms with van der Waals surface area (Å²) >= 11 is 0. The zero-order chi connectivity index (χ0) is 16.0. The summed E-state index contributed by atoms with van der Waals surface area (Å²) in [6.07, 6.45) is -3.15. The number of aromatic nitrogens is 4. The summed E-state index contributed by atoms with van der Waals surface area (Å²) < 4.78 is 6.77. The van der Waals surface area contributed by atoms with Gasteiger partial charge in [-0.15, -0.1) is 0 Å². The number of nitrogens with two attached hydrogens (primary N) is 1. The number of rotatable bonds is 3. The predicted molar refractivity (Wildman–Crippen MR) is 72.7 cm³/mol. The molecule has 1 aliphatic heterocycles. The van der Waals surface area contributed by atoms with Gasteiger partial charge in [-0.3, -0.25) is 9.36 Å². The van der Waals surface area contributed by atoms with E-state index in [4.69, 9.17) is 15.6 Å². The van der Waals surface area contributed by atoms with Crippen molar-refractivity contribution in [3.8, 4) is 0 Å². The number of ketones is 1. The maximum atomic E-state index is 11.4. The fourth-order valence-electron chi connectivity index (χ4n) is 2.39. The average Bonchev–Trinajstić information content (AvgIpc) is 3.02. The number of carbonyl (C=O) groups is 1. The number of Topliss-reactive ketones (excluding diaryl/α,β-unsaturated/α-hetero) is 1. The summed E-state index contributed by atoms with van der Waals surface area (Å²) in [6, 6.07) is 0. The summed E-state index contributed by atoms with van der Waals surface area (Å²) in [5.41, 5.74) is 6.20. The fourth-order valence-corrected chi connectivity index (χ4v) is 2.39. The minimum atomic E-state index is -1.29. The van der Waals surface area contributed by atoms with Gasteiger partial charge in [0.15, 0.2) is 29.3 Å². The third kappa shape index (κ3) is 2.13. The number of ether oxygens (including phenoxy) is 1. The maximum absolute atomic E-state index is 11.4. The molecular weight excluding hydrogens is 294 g/mol. The SMILES string of the molecule is CC(=O)c1nc(N)c2ncn([C@@H]3O[C@H](CO)C(O)C3O)c2n1. The Hall–Kier alpha value is -2.14. The molecule has 3 heterocycles. The van der Waals surface area contributed by atoms with E-state index in [1.54, 1.807) is 0 Å². The Bertz CT molecular complexity index is 732. The van der Waals surface area contributed by atoms with Crippen molar-refractivity contribution in [2.24, 2.45) is 0 Å². The van der Waals surface area contributed by atoms with Crippen LogP contribution in [0.15, 0.2) is 6.33 Å². The van der Waals surface area contributed by atoms with Crippen LogP contribution in [0.25, 0.3) is 11.2 Å². The highest BCUT2D eigenvalue weighted by Crippen LogP contribution is 2.31. The van der Waals surface area contributed by atoms with Crippen molar-refractivity contribution in [3.05, 3.63) is 12.2 Å². The number of hydrogen-bond acceptors (Lipinski definition) is 9. The third-order valence-corrected chi connectivity index (χ3v) is 3.55. The van der Waals surface area contributed by atoms with Crippen LogP contribution < -0.4 is 5.73 Å². The number of hydrogen-bond donors (Lipinski definition) is 4. The molecule has 3 rings (SSSR count). The zero-order valence-corrected chi connectivity index (χ0v) is 11.6. The van der Waals surface area contributed by atoms with E-state index in [2.05, 4.69) is 15.0 Å². The molecule has 1 aliphatic rings. The number of imidazole rings is 1. The second-order valence-corrected chi connectivity index (χ2v) is 5.04.